The molecule has 0 bridgehead atoms. The van der Waals surface area contributed by atoms with Gasteiger partial charge in [0.1, 0.15) is 5.75 Å². The van der Waals surface area contributed by atoms with Crippen LogP contribution in [0.4, 0.5) is 5.69 Å². The Labute approximate surface area is 190 Å². The van der Waals surface area contributed by atoms with E-state index in [0.717, 1.165) is 6.42 Å². The second-order valence-corrected chi connectivity index (χ2v) is 9.10. The van der Waals surface area contributed by atoms with Crippen LogP contribution in [0.25, 0.3) is 0 Å². The number of rotatable bonds is 14. The number of carbonyl (C=O) groups excluding carboxylic acids is 2. The zero-order valence-corrected chi connectivity index (χ0v) is 19.2. The average Bonchev–Trinajstić information content (AvgIpc) is 3.24. The second kappa shape index (κ2) is 12.3. The zero-order valence-electron chi connectivity index (χ0n) is 19.2. The maximum absolute atomic E-state index is 12.7. The molecule has 1 aliphatic rings. The van der Waals surface area contributed by atoms with Crippen LogP contribution in [0.3, 0.4) is 0 Å². The van der Waals surface area contributed by atoms with Crippen LogP contribution in [0.5, 0.6) is 5.75 Å². The number of benzene rings is 1. The van der Waals surface area contributed by atoms with Crippen molar-refractivity contribution in [2.45, 2.75) is 77.3 Å². The van der Waals surface area contributed by atoms with Crippen LogP contribution >= 0.6 is 0 Å². The van der Waals surface area contributed by atoms with Gasteiger partial charge in [0.15, 0.2) is 5.66 Å². The molecule has 2 amide bonds. The lowest BCUT2D eigenvalue weighted by molar-refractivity contribution is -0.137. The molecule has 8 nitrogen and oxygen atoms in total. The summed E-state index contributed by atoms with van der Waals surface area (Å²) >= 11 is 0. The van der Waals surface area contributed by atoms with E-state index in [4.69, 9.17) is 15.6 Å². The summed E-state index contributed by atoms with van der Waals surface area (Å²) < 4.78 is 5.55. The van der Waals surface area contributed by atoms with Crippen molar-refractivity contribution in [3.8, 4) is 5.75 Å². The molecule has 0 spiro atoms. The Kier molecular flexibility index (Phi) is 9.81. The van der Waals surface area contributed by atoms with E-state index in [1.165, 1.54) is 25.7 Å². The lowest BCUT2D eigenvalue weighted by atomic mass is 9.94. The fourth-order valence-electron chi connectivity index (χ4n) is 4.20. The molecule has 8 heteroatoms. The van der Waals surface area contributed by atoms with E-state index in [2.05, 4.69) is 10.6 Å². The van der Waals surface area contributed by atoms with Crippen molar-refractivity contribution < 1.29 is 24.2 Å². The summed E-state index contributed by atoms with van der Waals surface area (Å²) in [5, 5.41) is 14.7. The number of carboxylic acids is 1. The minimum atomic E-state index is -1.38. The van der Waals surface area contributed by atoms with Gasteiger partial charge in [0.05, 0.1) is 6.61 Å². The summed E-state index contributed by atoms with van der Waals surface area (Å²) in [5.74, 6) is -0.370. The van der Waals surface area contributed by atoms with E-state index in [1.54, 1.807) is 24.3 Å². The van der Waals surface area contributed by atoms with E-state index in [9.17, 15) is 14.4 Å². The first-order valence-corrected chi connectivity index (χ1v) is 11.5. The molecule has 1 fully saturated rings. The maximum Gasteiger partial charge on any atom is 0.303 e. The smallest absolute Gasteiger partial charge is 0.303 e. The van der Waals surface area contributed by atoms with E-state index in [0.29, 0.717) is 43.2 Å². The fourth-order valence-corrected chi connectivity index (χ4v) is 4.20. The molecule has 32 heavy (non-hydrogen) atoms. The third-order valence-electron chi connectivity index (χ3n) is 5.76. The Morgan fingerprint density at radius 1 is 1.16 bits per heavy atom. The topological polar surface area (TPSA) is 131 Å². The van der Waals surface area contributed by atoms with Gasteiger partial charge in [-0.05, 0) is 48.9 Å². The van der Waals surface area contributed by atoms with Gasteiger partial charge in [0, 0.05) is 24.9 Å². The van der Waals surface area contributed by atoms with Crippen molar-refractivity contribution in [3.05, 3.63) is 24.3 Å². The highest BCUT2D eigenvalue weighted by molar-refractivity contribution is 5.92. The monoisotopic (exact) mass is 447 g/mol. The molecule has 0 heterocycles. The summed E-state index contributed by atoms with van der Waals surface area (Å²) in [6.45, 7) is 4.24. The van der Waals surface area contributed by atoms with Crippen molar-refractivity contribution in [3.63, 3.8) is 0 Å². The van der Waals surface area contributed by atoms with Crippen molar-refractivity contribution in [1.82, 2.24) is 5.32 Å². The molecule has 1 aromatic rings. The van der Waals surface area contributed by atoms with E-state index in [1.807, 2.05) is 13.8 Å². The third-order valence-corrected chi connectivity index (χ3v) is 5.76. The van der Waals surface area contributed by atoms with E-state index in [-0.39, 0.29) is 18.2 Å². The molecule has 5 N–H and O–H groups in total. The highest BCUT2D eigenvalue weighted by atomic mass is 16.5. The number of amides is 2. The summed E-state index contributed by atoms with van der Waals surface area (Å²) in [7, 11) is 0. The lowest BCUT2D eigenvalue weighted by Gasteiger charge is -2.35. The highest BCUT2D eigenvalue weighted by Gasteiger charge is 2.39. The summed E-state index contributed by atoms with van der Waals surface area (Å²) in [4.78, 5) is 35.8. The van der Waals surface area contributed by atoms with Crippen LogP contribution in [-0.2, 0) is 14.4 Å². The Balaban J connectivity index is 2.02. The van der Waals surface area contributed by atoms with Gasteiger partial charge in [0.2, 0.25) is 5.91 Å². The van der Waals surface area contributed by atoms with Crippen molar-refractivity contribution >= 4 is 23.5 Å². The van der Waals surface area contributed by atoms with Crippen molar-refractivity contribution in [1.29, 1.82) is 0 Å². The number of nitrogens with one attached hydrogen (secondary N) is 2. The molecule has 1 saturated carbocycles. The maximum atomic E-state index is 12.7. The molecule has 0 aromatic heterocycles. The lowest BCUT2D eigenvalue weighted by Crippen LogP contribution is -2.63. The molecule has 1 aliphatic carbocycles. The normalized spacial score (nSPS) is 15.8. The molecule has 2 rings (SSSR count). The van der Waals surface area contributed by atoms with Gasteiger partial charge in [0.25, 0.3) is 5.91 Å². The number of ether oxygens (including phenoxy) is 1. The van der Waals surface area contributed by atoms with Crippen LogP contribution in [0, 0.1) is 11.8 Å². The van der Waals surface area contributed by atoms with Crippen LogP contribution in [0.1, 0.15) is 71.6 Å². The number of hydrogen-bond acceptors (Lipinski definition) is 5. The van der Waals surface area contributed by atoms with Gasteiger partial charge in [-0.15, -0.1) is 0 Å². The fraction of sp³-hybridized carbons (Fsp3) is 0.625. The number of aliphatic carboxylic acids is 1. The summed E-state index contributed by atoms with van der Waals surface area (Å²) in [6.07, 6.45) is 6.82. The van der Waals surface area contributed by atoms with Gasteiger partial charge in [-0.2, -0.15) is 0 Å². The average molecular weight is 448 g/mol. The molecule has 1 atom stereocenters. The first-order valence-electron chi connectivity index (χ1n) is 11.5. The van der Waals surface area contributed by atoms with Gasteiger partial charge in [-0.3, -0.25) is 14.4 Å². The van der Waals surface area contributed by atoms with Crippen LogP contribution in [0.2, 0.25) is 0 Å². The number of carbonyl (C=O) groups is 3. The number of carboxylic acid groups (broad SMARTS) is 1. The molecular formula is C24H37N3O5. The van der Waals surface area contributed by atoms with E-state index >= 15 is 0 Å². The van der Waals surface area contributed by atoms with Crippen LogP contribution in [-0.4, -0.2) is 35.2 Å². The van der Waals surface area contributed by atoms with Gasteiger partial charge in [-0.1, -0.05) is 39.5 Å². The molecular weight excluding hydrogens is 410 g/mol. The zero-order chi connectivity index (χ0) is 23.6. The van der Waals surface area contributed by atoms with Gasteiger partial charge >= 0.3 is 5.97 Å². The molecule has 1 unspecified atom stereocenters. The Morgan fingerprint density at radius 3 is 2.38 bits per heavy atom. The predicted octanol–water partition coefficient (Wildman–Crippen LogP) is 3.66. The van der Waals surface area contributed by atoms with Crippen molar-refractivity contribution in [2.24, 2.45) is 17.6 Å². The number of nitrogens with two attached hydrogens (primary N) is 1. The van der Waals surface area contributed by atoms with Gasteiger partial charge < -0.3 is 26.2 Å². The number of primary amides is 1. The molecule has 1 aromatic carbocycles. The Bertz CT molecular complexity index is 759. The highest BCUT2D eigenvalue weighted by Crippen LogP contribution is 2.29. The SMILES string of the molecule is CC(C)CC(NC(=O)CCC1CCCC1)(Nc1ccc(OCCCC(=O)O)cc1)C(N)=O. The minimum Gasteiger partial charge on any atom is -0.494 e. The summed E-state index contributed by atoms with van der Waals surface area (Å²) in [5.41, 5.74) is 5.02. The largest absolute Gasteiger partial charge is 0.494 e. The first kappa shape index (κ1) is 25.5. The van der Waals surface area contributed by atoms with Crippen molar-refractivity contribution in [2.75, 3.05) is 11.9 Å². The van der Waals surface area contributed by atoms with E-state index < -0.39 is 17.5 Å². The minimum absolute atomic E-state index is 0.0520. The second-order valence-electron chi connectivity index (χ2n) is 9.10. The van der Waals surface area contributed by atoms with Crippen LogP contribution < -0.4 is 21.1 Å². The standard InChI is InChI=1S/C24H37N3O5/c1-17(2)16-24(23(25)31,27-21(28)14-9-18-6-3-4-7-18)26-19-10-12-20(13-11-19)32-15-5-8-22(29)30/h10-13,17-18,26H,3-9,14-16H2,1-2H3,(H2,25,31)(H,27,28)(H,29,30). The number of hydrogen-bond donors (Lipinski definition) is 4. The number of anilines is 1. The molecule has 178 valence electrons. The molecule has 0 radical (unpaired) electrons. The predicted molar refractivity (Wildman–Crippen MR) is 123 cm³/mol. The first-order chi connectivity index (χ1) is 15.2. The van der Waals surface area contributed by atoms with Gasteiger partial charge in [-0.25, -0.2) is 0 Å². The molecule has 0 saturated heterocycles. The Morgan fingerprint density at radius 2 is 1.81 bits per heavy atom. The van der Waals surface area contributed by atoms with Crippen LogP contribution in [0.15, 0.2) is 24.3 Å². The summed E-state index contributed by atoms with van der Waals surface area (Å²) in [6, 6.07) is 6.95. The quantitative estimate of drug-likeness (QED) is 0.254. The Hall–Kier alpha value is -2.77. The molecule has 0 aliphatic heterocycles. The third kappa shape index (κ3) is 8.40.